The second kappa shape index (κ2) is 5.01. The van der Waals surface area contributed by atoms with Crippen molar-refractivity contribution in [2.24, 2.45) is 0 Å². The summed E-state index contributed by atoms with van der Waals surface area (Å²) in [7, 11) is 1.69. The Morgan fingerprint density at radius 2 is 2.11 bits per heavy atom. The molecule has 19 heavy (non-hydrogen) atoms. The summed E-state index contributed by atoms with van der Waals surface area (Å²) >= 11 is 0. The molecular weight excluding hydrogens is 242 g/mol. The molecule has 1 aromatic carbocycles. The summed E-state index contributed by atoms with van der Waals surface area (Å²) in [5.41, 5.74) is 0.777. The fraction of sp³-hybridized carbons (Fsp3) is 0.429. The number of likely N-dealkylation sites (N-methyl/N-ethyl adjacent to an activating group) is 1. The van der Waals surface area contributed by atoms with Crippen LogP contribution in [0.25, 0.3) is 10.9 Å². The van der Waals surface area contributed by atoms with E-state index in [4.69, 9.17) is 0 Å². The largest absolute Gasteiger partial charge is 0.389 e. The van der Waals surface area contributed by atoms with Crippen molar-refractivity contribution >= 4 is 16.8 Å². The van der Waals surface area contributed by atoms with E-state index in [9.17, 15) is 9.90 Å². The summed E-state index contributed by atoms with van der Waals surface area (Å²) in [6.07, 6.45) is 0.257. The summed E-state index contributed by atoms with van der Waals surface area (Å²) in [4.78, 5) is 13.6. The Labute approximate surface area is 112 Å². The SMILES string of the molecule is CN(CC(C)(C)O)C(=O)Cc1[nH]nc2ccccc12. The molecule has 2 N–H and O–H groups in total. The molecule has 0 aliphatic carbocycles. The monoisotopic (exact) mass is 261 g/mol. The molecule has 1 heterocycles. The van der Waals surface area contributed by atoms with Gasteiger partial charge in [-0.15, -0.1) is 0 Å². The Hall–Kier alpha value is -1.88. The van der Waals surface area contributed by atoms with Crippen molar-refractivity contribution < 1.29 is 9.90 Å². The normalized spacial score (nSPS) is 11.8. The van der Waals surface area contributed by atoms with Crippen LogP contribution in [0.15, 0.2) is 24.3 Å². The second-order valence-corrected chi connectivity index (χ2v) is 5.46. The first-order valence-electron chi connectivity index (χ1n) is 6.25. The smallest absolute Gasteiger partial charge is 0.228 e. The minimum atomic E-state index is -0.888. The first-order valence-corrected chi connectivity index (χ1v) is 6.25. The molecule has 1 aromatic heterocycles. The van der Waals surface area contributed by atoms with Gasteiger partial charge in [0.2, 0.25) is 5.91 Å². The highest BCUT2D eigenvalue weighted by atomic mass is 16.3. The highest BCUT2D eigenvalue weighted by molar-refractivity contribution is 5.87. The number of aromatic amines is 1. The predicted molar refractivity (Wildman–Crippen MR) is 73.7 cm³/mol. The summed E-state index contributed by atoms with van der Waals surface area (Å²) in [5, 5.41) is 17.7. The summed E-state index contributed by atoms with van der Waals surface area (Å²) in [6, 6.07) is 7.68. The van der Waals surface area contributed by atoms with Crippen LogP contribution in [0, 0.1) is 0 Å². The van der Waals surface area contributed by atoms with Gasteiger partial charge in [-0.05, 0) is 19.9 Å². The fourth-order valence-corrected chi connectivity index (χ4v) is 2.10. The van der Waals surface area contributed by atoms with E-state index in [0.717, 1.165) is 16.6 Å². The zero-order chi connectivity index (χ0) is 14.0. The zero-order valence-electron chi connectivity index (χ0n) is 11.5. The topological polar surface area (TPSA) is 69.2 Å². The Balaban J connectivity index is 2.11. The molecule has 0 spiro atoms. The van der Waals surface area contributed by atoms with Crippen LogP contribution in [0.4, 0.5) is 0 Å². The standard InChI is InChI=1S/C14H19N3O2/c1-14(2,19)9-17(3)13(18)8-12-10-6-4-5-7-11(10)15-16-12/h4-7,19H,8-9H2,1-3H3,(H,15,16). The van der Waals surface area contributed by atoms with Crippen LogP contribution in [-0.4, -0.2) is 45.3 Å². The lowest BCUT2D eigenvalue weighted by molar-refractivity contribution is -0.131. The quantitative estimate of drug-likeness (QED) is 0.872. The van der Waals surface area contributed by atoms with Crippen molar-refractivity contribution in [3.8, 4) is 0 Å². The van der Waals surface area contributed by atoms with Crippen molar-refractivity contribution in [3.63, 3.8) is 0 Å². The summed E-state index contributed by atoms with van der Waals surface area (Å²) < 4.78 is 0. The van der Waals surface area contributed by atoms with Crippen LogP contribution in [0.5, 0.6) is 0 Å². The molecule has 0 bridgehead atoms. The molecule has 0 atom stereocenters. The van der Waals surface area contributed by atoms with Gasteiger partial charge >= 0.3 is 0 Å². The minimum absolute atomic E-state index is 0.0449. The highest BCUT2D eigenvalue weighted by Gasteiger charge is 2.20. The van der Waals surface area contributed by atoms with Gasteiger partial charge in [-0.2, -0.15) is 5.10 Å². The molecular formula is C14H19N3O2. The van der Waals surface area contributed by atoms with Gasteiger partial charge in [0.25, 0.3) is 0 Å². The number of carbonyl (C=O) groups is 1. The first kappa shape index (κ1) is 13.5. The maximum Gasteiger partial charge on any atom is 0.228 e. The molecule has 5 heteroatoms. The lowest BCUT2D eigenvalue weighted by Gasteiger charge is -2.25. The molecule has 0 unspecified atom stereocenters. The zero-order valence-corrected chi connectivity index (χ0v) is 11.5. The third kappa shape index (κ3) is 3.32. The van der Waals surface area contributed by atoms with Gasteiger partial charge in [-0.3, -0.25) is 9.89 Å². The van der Waals surface area contributed by atoms with Crippen molar-refractivity contribution in [1.82, 2.24) is 15.1 Å². The van der Waals surface area contributed by atoms with Crippen molar-refractivity contribution in [2.45, 2.75) is 25.9 Å². The Bertz CT molecular complexity index is 584. The van der Waals surface area contributed by atoms with Crippen LogP contribution in [0.2, 0.25) is 0 Å². The van der Waals surface area contributed by atoms with Crippen molar-refractivity contribution in [1.29, 1.82) is 0 Å². The average Bonchev–Trinajstić information content (AvgIpc) is 2.70. The predicted octanol–water partition coefficient (Wildman–Crippen LogP) is 1.33. The molecule has 2 rings (SSSR count). The van der Waals surface area contributed by atoms with E-state index in [-0.39, 0.29) is 12.3 Å². The lowest BCUT2D eigenvalue weighted by atomic mass is 10.1. The molecule has 0 radical (unpaired) electrons. The van der Waals surface area contributed by atoms with Gasteiger partial charge in [0, 0.05) is 19.0 Å². The van der Waals surface area contributed by atoms with Crippen LogP contribution in [0.1, 0.15) is 19.5 Å². The number of hydrogen-bond donors (Lipinski definition) is 2. The van der Waals surface area contributed by atoms with Crippen LogP contribution < -0.4 is 0 Å². The molecule has 0 aliphatic rings. The number of fused-ring (bicyclic) bond motifs is 1. The number of para-hydroxylation sites is 1. The van der Waals surface area contributed by atoms with E-state index in [2.05, 4.69) is 10.2 Å². The Morgan fingerprint density at radius 3 is 2.79 bits per heavy atom. The van der Waals surface area contributed by atoms with Crippen LogP contribution >= 0.6 is 0 Å². The Morgan fingerprint density at radius 1 is 1.42 bits per heavy atom. The number of nitrogens with one attached hydrogen (secondary N) is 1. The number of benzene rings is 1. The van der Waals surface area contributed by atoms with Gasteiger partial charge < -0.3 is 10.0 Å². The van der Waals surface area contributed by atoms with Gasteiger partial charge in [0.05, 0.1) is 23.2 Å². The van der Waals surface area contributed by atoms with E-state index >= 15 is 0 Å². The van der Waals surface area contributed by atoms with Gasteiger partial charge in [-0.25, -0.2) is 0 Å². The molecule has 102 valence electrons. The Kier molecular flexibility index (Phi) is 3.57. The molecule has 0 saturated carbocycles. The van der Waals surface area contributed by atoms with E-state index < -0.39 is 5.60 Å². The van der Waals surface area contributed by atoms with E-state index in [1.807, 2.05) is 24.3 Å². The first-order chi connectivity index (χ1) is 8.87. The molecule has 2 aromatic rings. The molecule has 0 fully saturated rings. The minimum Gasteiger partial charge on any atom is -0.389 e. The van der Waals surface area contributed by atoms with E-state index in [0.29, 0.717) is 6.54 Å². The number of hydrogen-bond acceptors (Lipinski definition) is 3. The number of aromatic nitrogens is 2. The number of amides is 1. The average molecular weight is 261 g/mol. The molecule has 0 saturated heterocycles. The molecule has 1 amide bonds. The molecule has 5 nitrogen and oxygen atoms in total. The van der Waals surface area contributed by atoms with Crippen LogP contribution in [-0.2, 0) is 11.2 Å². The van der Waals surface area contributed by atoms with Gasteiger partial charge in [0.15, 0.2) is 0 Å². The van der Waals surface area contributed by atoms with E-state index in [1.165, 1.54) is 4.90 Å². The van der Waals surface area contributed by atoms with Gasteiger partial charge in [0.1, 0.15) is 0 Å². The maximum atomic E-state index is 12.1. The number of rotatable bonds is 4. The van der Waals surface area contributed by atoms with E-state index in [1.54, 1.807) is 20.9 Å². The van der Waals surface area contributed by atoms with Gasteiger partial charge in [-0.1, -0.05) is 18.2 Å². The highest BCUT2D eigenvalue weighted by Crippen LogP contribution is 2.16. The second-order valence-electron chi connectivity index (χ2n) is 5.46. The third-order valence-electron chi connectivity index (χ3n) is 2.92. The molecule has 0 aliphatic heterocycles. The number of carbonyl (C=O) groups excluding carboxylic acids is 1. The number of H-pyrrole nitrogens is 1. The number of nitrogens with zero attached hydrogens (tertiary/aromatic N) is 2. The van der Waals surface area contributed by atoms with Crippen LogP contribution in [0.3, 0.4) is 0 Å². The third-order valence-corrected chi connectivity index (χ3v) is 2.92. The van der Waals surface area contributed by atoms with Crippen molar-refractivity contribution in [2.75, 3.05) is 13.6 Å². The fourth-order valence-electron chi connectivity index (χ4n) is 2.10. The lowest BCUT2D eigenvalue weighted by Crippen LogP contribution is -2.40. The summed E-state index contributed by atoms with van der Waals surface area (Å²) in [6.45, 7) is 3.67. The van der Waals surface area contributed by atoms with Crippen molar-refractivity contribution in [3.05, 3.63) is 30.0 Å². The summed E-state index contributed by atoms with van der Waals surface area (Å²) in [5.74, 6) is -0.0449. The number of aliphatic hydroxyl groups is 1. The maximum absolute atomic E-state index is 12.1.